The molecule has 36 heavy (non-hydrogen) atoms. The molecule has 192 valence electrons. The lowest BCUT2D eigenvalue weighted by atomic mass is 10.1. The summed E-state index contributed by atoms with van der Waals surface area (Å²) in [4.78, 5) is 26.1. The van der Waals surface area contributed by atoms with Gasteiger partial charge in [0.05, 0.1) is 23.8 Å². The first-order valence-corrected chi connectivity index (χ1v) is 11.3. The number of rotatable bonds is 10. The van der Waals surface area contributed by atoms with Crippen molar-refractivity contribution in [1.82, 2.24) is 15.4 Å². The van der Waals surface area contributed by atoms with E-state index < -0.39 is 36.7 Å². The number of benzene rings is 2. The minimum Gasteiger partial charge on any atom is -0.447 e. The summed E-state index contributed by atoms with van der Waals surface area (Å²) in [5.41, 5.74) is 1.69. The van der Waals surface area contributed by atoms with Crippen molar-refractivity contribution >= 4 is 29.6 Å². The van der Waals surface area contributed by atoms with Crippen LogP contribution in [0.5, 0.6) is 0 Å². The Morgan fingerprint density at radius 2 is 1.97 bits per heavy atom. The van der Waals surface area contributed by atoms with Crippen molar-refractivity contribution in [2.45, 2.75) is 25.1 Å². The highest BCUT2D eigenvalue weighted by molar-refractivity contribution is 6.31. The average molecular weight is 521 g/mol. The molecule has 10 nitrogen and oxygen atoms in total. The summed E-state index contributed by atoms with van der Waals surface area (Å²) in [6.45, 7) is -0.893. The molecular weight excluding hydrogens is 495 g/mol. The molecule has 0 aliphatic heterocycles. The lowest BCUT2D eigenvalue weighted by molar-refractivity contribution is 0.0479. The highest BCUT2D eigenvalue weighted by atomic mass is 35.5. The molecule has 1 aromatic heterocycles. The number of aliphatic hydroxyl groups excluding tert-OH is 2. The monoisotopic (exact) mass is 520 g/mol. The first-order chi connectivity index (χ1) is 17.3. The first kappa shape index (κ1) is 26.9. The third-order valence-corrected chi connectivity index (χ3v) is 5.72. The Morgan fingerprint density at radius 3 is 2.69 bits per heavy atom. The molecule has 1 heterocycles. The number of anilines is 1. The van der Waals surface area contributed by atoms with Gasteiger partial charge >= 0.3 is 12.1 Å². The standard InChI is InChI=1S/C24H26ClFN4O6/c1-30(23(33)27-12-16-8-5-9-19(26)22(16)25)17(10-18(32)13-31)14-35-24(34)28-21-11-20(29-36-21)15-6-3-2-4-7-15/h2-9,11,17-18,31-32H,10,12-14H2,1H3,(H,27,33)(H,28,34). The van der Waals surface area contributed by atoms with E-state index in [0.717, 1.165) is 5.56 Å². The van der Waals surface area contributed by atoms with E-state index in [4.69, 9.17) is 20.9 Å². The minimum atomic E-state index is -1.16. The fourth-order valence-corrected chi connectivity index (χ4v) is 3.45. The molecule has 0 radical (unpaired) electrons. The fraction of sp³-hybridized carbons (Fsp3) is 0.292. The number of nitrogens with zero attached hydrogens (tertiary/aromatic N) is 2. The van der Waals surface area contributed by atoms with E-state index in [1.165, 1.54) is 30.1 Å². The maximum atomic E-state index is 13.6. The third-order valence-electron chi connectivity index (χ3n) is 5.30. The van der Waals surface area contributed by atoms with E-state index >= 15 is 0 Å². The van der Waals surface area contributed by atoms with E-state index in [9.17, 15) is 24.2 Å². The molecule has 0 bridgehead atoms. The van der Waals surface area contributed by atoms with Gasteiger partial charge in [0.15, 0.2) is 0 Å². The predicted octanol–water partition coefficient (Wildman–Crippen LogP) is 3.64. The number of carbonyl (C=O) groups excluding carboxylic acids is 2. The quantitative estimate of drug-likeness (QED) is 0.320. The van der Waals surface area contributed by atoms with E-state index in [1.807, 2.05) is 30.3 Å². The number of urea groups is 1. The van der Waals surface area contributed by atoms with Crippen molar-refractivity contribution in [3.63, 3.8) is 0 Å². The van der Waals surface area contributed by atoms with Crippen LogP contribution in [0.3, 0.4) is 0 Å². The number of carbonyl (C=O) groups is 2. The smallest absolute Gasteiger partial charge is 0.414 e. The van der Waals surface area contributed by atoms with Gasteiger partial charge in [-0.2, -0.15) is 0 Å². The van der Waals surface area contributed by atoms with Gasteiger partial charge in [-0.1, -0.05) is 59.2 Å². The number of hydrogen-bond acceptors (Lipinski definition) is 7. The Labute approximate surface area is 211 Å². The normalized spacial score (nSPS) is 12.5. The molecule has 2 unspecified atom stereocenters. The predicted molar refractivity (Wildman–Crippen MR) is 130 cm³/mol. The molecule has 0 spiro atoms. The zero-order valence-electron chi connectivity index (χ0n) is 19.4. The lowest BCUT2D eigenvalue weighted by Crippen LogP contribution is -2.47. The van der Waals surface area contributed by atoms with Gasteiger partial charge in [-0.15, -0.1) is 0 Å². The summed E-state index contributed by atoms with van der Waals surface area (Å²) in [5, 5.41) is 27.9. The maximum absolute atomic E-state index is 13.6. The van der Waals surface area contributed by atoms with Crippen LogP contribution < -0.4 is 10.6 Å². The summed E-state index contributed by atoms with van der Waals surface area (Å²) in [7, 11) is 1.43. The van der Waals surface area contributed by atoms with Crippen molar-refractivity contribution in [2.75, 3.05) is 25.6 Å². The van der Waals surface area contributed by atoms with Crippen LogP contribution in [0, 0.1) is 5.82 Å². The Balaban J connectivity index is 1.57. The zero-order valence-corrected chi connectivity index (χ0v) is 20.1. The van der Waals surface area contributed by atoms with Gasteiger partial charge in [0.1, 0.15) is 18.1 Å². The molecule has 0 aliphatic carbocycles. The summed E-state index contributed by atoms with van der Waals surface area (Å²) in [6.07, 6.45) is -2.10. The van der Waals surface area contributed by atoms with Crippen molar-refractivity contribution in [3.05, 3.63) is 71.0 Å². The van der Waals surface area contributed by atoms with Crippen LogP contribution in [-0.4, -0.2) is 64.8 Å². The number of hydrogen-bond donors (Lipinski definition) is 4. The Bertz CT molecular complexity index is 1160. The van der Waals surface area contributed by atoms with Gasteiger partial charge in [0.25, 0.3) is 0 Å². The molecule has 3 rings (SSSR count). The Hall–Kier alpha value is -3.67. The third kappa shape index (κ3) is 7.41. The van der Waals surface area contributed by atoms with E-state index in [1.54, 1.807) is 6.07 Å². The topological polar surface area (TPSA) is 137 Å². The van der Waals surface area contributed by atoms with Gasteiger partial charge in [0, 0.05) is 25.2 Å². The molecule has 3 aromatic rings. The van der Waals surface area contributed by atoms with Crippen LogP contribution in [0.25, 0.3) is 11.3 Å². The molecule has 4 N–H and O–H groups in total. The van der Waals surface area contributed by atoms with E-state index in [2.05, 4.69) is 15.8 Å². The molecule has 0 saturated carbocycles. The van der Waals surface area contributed by atoms with Crippen molar-refractivity contribution in [1.29, 1.82) is 0 Å². The second-order valence-electron chi connectivity index (χ2n) is 7.87. The number of aromatic nitrogens is 1. The molecule has 2 aromatic carbocycles. The summed E-state index contributed by atoms with van der Waals surface area (Å²) >= 11 is 5.92. The summed E-state index contributed by atoms with van der Waals surface area (Å²) in [5.74, 6) is -0.549. The number of amides is 3. The van der Waals surface area contributed by atoms with Crippen LogP contribution in [-0.2, 0) is 11.3 Å². The van der Waals surface area contributed by atoms with Crippen LogP contribution in [0.2, 0.25) is 5.02 Å². The SMILES string of the molecule is CN(C(=O)NCc1cccc(F)c1Cl)C(COC(=O)Nc1cc(-c2ccccc2)no1)CC(O)CO. The molecule has 0 aliphatic rings. The van der Waals surface area contributed by atoms with Gasteiger partial charge in [-0.3, -0.25) is 5.32 Å². The second-order valence-corrected chi connectivity index (χ2v) is 8.25. The van der Waals surface area contributed by atoms with Crippen LogP contribution in [0.4, 0.5) is 19.9 Å². The van der Waals surface area contributed by atoms with E-state index in [0.29, 0.717) is 11.3 Å². The highest BCUT2D eigenvalue weighted by Crippen LogP contribution is 2.22. The number of likely N-dealkylation sites (N-methyl/N-ethyl adjacent to an activating group) is 1. The van der Waals surface area contributed by atoms with E-state index in [-0.39, 0.29) is 30.5 Å². The molecule has 12 heteroatoms. The second kappa shape index (κ2) is 12.9. The van der Waals surface area contributed by atoms with Crippen molar-refractivity contribution in [2.24, 2.45) is 0 Å². The molecule has 0 fully saturated rings. The number of nitrogens with one attached hydrogen (secondary N) is 2. The van der Waals surface area contributed by atoms with Gasteiger partial charge in [0.2, 0.25) is 5.88 Å². The minimum absolute atomic E-state index is 0.0500. The number of halogens is 2. The average Bonchev–Trinajstić information content (AvgIpc) is 3.35. The van der Waals surface area contributed by atoms with Crippen LogP contribution in [0.1, 0.15) is 12.0 Å². The molecular formula is C24H26ClFN4O6. The highest BCUT2D eigenvalue weighted by Gasteiger charge is 2.25. The number of aliphatic hydroxyl groups is 2. The van der Waals surface area contributed by atoms with Crippen LogP contribution >= 0.6 is 11.6 Å². The number of ether oxygens (including phenoxy) is 1. The first-order valence-electron chi connectivity index (χ1n) is 11.0. The molecule has 0 saturated heterocycles. The fourth-order valence-electron chi connectivity index (χ4n) is 3.26. The van der Waals surface area contributed by atoms with Gasteiger partial charge < -0.3 is 29.7 Å². The van der Waals surface area contributed by atoms with Crippen molar-refractivity contribution in [3.8, 4) is 11.3 Å². The van der Waals surface area contributed by atoms with Crippen molar-refractivity contribution < 1.29 is 33.5 Å². The van der Waals surface area contributed by atoms with Gasteiger partial charge in [-0.05, 0) is 18.1 Å². The largest absolute Gasteiger partial charge is 0.447 e. The maximum Gasteiger partial charge on any atom is 0.414 e. The Kier molecular flexibility index (Phi) is 9.62. The summed E-state index contributed by atoms with van der Waals surface area (Å²) in [6, 6.07) is 13.6. The zero-order chi connectivity index (χ0) is 26.1. The summed E-state index contributed by atoms with van der Waals surface area (Å²) < 4.78 is 23.9. The molecule has 2 atom stereocenters. The Morgan fingerprint density at radius 1 is 1.22 bits per heavy atom. The van der Waals surface area contributed by atoms with Gasteiger partial charge in [-0.25, -0.2) is 14.0 Å². The lowest BCUT2D eigenvalue weighted by Gasteiger charge is -2.29. The van der Waals surface area contributed by atoms with Crippen LogP contribution in [0.15, 0.2) is 59.1 Å². The molecule has 3 amide bonds.